The molecule has 2 aliphatic rings. The van der Waals surface area contributed by atoms with Crippen molar-refractivity contribution in [3.63, 3.8) is 0 Å². The smallest absolute Gasteiger partial charge is 0.135 e. The minimum atomic E-state index is 0.907. The van der Waals surface area contributed by atoms with Crippen LogP contribution < -0.4 is 0 Å². The van der Waals surface area contributed by atoms with Gasteiger partial charge in [0.25, 0.3) is 0 Å². The monoisotopic (exact) mass is 1380 g/mol. The van der Waals surface area contributed by atoms with Crippen molar-refractivity contribution in [3.8, 4) is 84.1 Å². The van der Waals surface area contributed by atoms with Gasteiger partial charge in [0.05, 0.1) is 39.0 Å². The van der Waals surface area contributed by atoms with E-state index in [4.69, 9.17) is 8.83 Å². The molecule has 0 atom stereocenters. The van der Waals surface area contributed by atoms with E-state index in [1.165, 1.54) is 171 Å². The maximum atomic E-state index is 6.24. The molecule has 24 rings (SSSR count). The molecule has 480 valence electrons. The zero-order valence-electron chi connectivity index (χ0n) is 55.4. The molecular formula is C96H57BrN4O2. The Balaban J connectivity index is 0.000000112. The number of aromatic amines is 1. The summed E-state index contributed by atoms with van der Waals surface area (Å²) in [7, 11) is 0. The van der Waals surface area contributed by atoms with Gasteiger partial charge in [0.2, 0.25) is 0 Å². The summed E-state index contributed by atoms with van der Waals surface area (Å²) >= 11 is 3.46. The van der Waals surface area contributed by atoms with E-state index >= 15 is 0 Å². The molecule has 0 spiro atoms. The Labute approximate surface area is 598 Å². The first-order valence-electron chi connectivity index (χ1n) is 35.1. The Morgan fingerprint density at radius 1 is 0.252 bits per heavy atom. The molecule has 7 heteroatoms. The van der Waals surface area contributed by atoms with Crippen LogP contribution >= 0.6 is 15.9 Å². The van der Waals surface area contributed by atoms with Gasteiger partial charge in [-0.3, -0.25) is 0 Å². The summed E-state index contributed by atoms with van der Waals surface area (Å²) in [5, 5.41) is 17.5. The highest BCUT2D eigenvalue weighted by Gasteiger charge is 2.31. The summed E-state index contributed by atoms with van der Waals surface area (Å²) in [5.74, 6) is 0. The second kappa shape index (κ2) is 22.4. The molecule has 0 radical (unpaired) electrons. The van der Waals surface area contributed by atoms with Crippen molar-refractivity contribution < 1.29 is 8.83 Å². The Morgan fingerprint density at radius 3 is 1.31 bits per heavy atom. The molecule has 22 aromatic rings. The van der Waals surface area contributed by atoms with E-state index in [0.29, 0.717) is 0 Å². The van der Waals surface area contributed by atoms with Gasteiger partial charge in [-0.25, -0.2) is 0 Å². The Bertz CT molecular complexity index is 7310. The SMILES string of the molecule is Brc1ccc2oc3ccccc3c2c1.c1ccc(-n2c3ccccc3c3ccc(-c4ccc5[nH]c6c(c5c4)-c4cccc5cccc-6c45)cc32)cc1.c1ccc(-n2c3ccccc3c3ccc(-c4ccc5c(c4)c4c(n5-c5ccc6oc7ccccc7c6c5)-c5cccc6cccc-4c56)cc32)cc1. The molecule has 6 aromatic heterocycles. The van der Waals surface area contributed by atoms with Crippen LogP contribution in [-0.4, -0.2) is 18.7 Å². The molecule has 103 heavy (non-hydrogen) atoms. The van der Waals surface area contributed by atoms with Crippen molar-refractivity contribution >= 4 is 147 Å². The maximum Gasteiger partial charge on any atom is 0.135 e. The summed E-state index contributed by atoms with van der Waals surface area (Å²) in [6, 6.07) is 122. The standard InChI is InChI=1S/C48H28N2O.C36H22N2.C12H7BrO/c1-2-12-32(13-3-1)49-41-18-6-4-14-34(41)35-23-20-31(27-43(35)49)30-21-24-42-40(26-30)47-37-16-8-10-29-11-9-17-38(46(29)37)48(47)50(42)33-22-25-45-39(28-33)36-15-5-7-19-44(36)51-45;1-2-10-25(11-3-1)38-32-15-5-4-12-26(32)27-18-16-24(21-33(27)38)23-17-19-31-30(20-23)35-28-13-6-8-22-9-7-14-29(34(22)28)36(35)37-31;13-8-5-6-12-10(7-8)9-3-1-2-4-11(9)14-12/h1-28H;1-21,37H;1-7H. The number of hydrogen-bond donors (Lipinski definition) is 1. The van der Waals surface area contributed by atoms with Crippen LogP contribution in [-0.2, 0) is 0 Å². The maximum absolute atomic E-state index is 6.24. The van der Waals surface area contributed by atoms with Gasteiger partial charge in [-0.2, -0.15) is 0 Å². The molecule has 6 heterocycles. The van der Waals surface area contributed by atoms with Crippen molar-refractivity contribution in [2.45, 2.75) is 0 Å². The Kier molecular flexibility index (Phi) is 12.5. The van der Waals surface area contributed by atoms with Gasteiger partial charge in [0.15, 0.2) is 0 Å². The van der Waals surface area contributed by atoms with Crippen LogP contribution in [0.25, 0.3) is 215 Å². The molecule has 2 aliphatic carbocycles. The van der Waals surface area contributed by atoms with Crippen LogP contribution in [0.1, 0.15) is 0 Å². The molecule has 6 nitrogen and oxygen atoms in total. The van der Waals surface area contributed by atoms with Crippen LogP contribution in [0.5, 0.6) is 0 Å². The highest BCUT2D eigenvalue weighted by molar-refractivity contribution is 9.10. The zero-order valence-corrected chi connectivity index (χ0v) is 57.0. The average molecular weight is 1380 g/mol. The third kappa shape index (κ3) is 8.73. The summed E-state index contributed by atoms with van der Waals surface area (Å²) < 4.78 is 20.3. The second-order valence-corrected chi connectivity index (χ2v) is 28.1. The number of nitrogens with zero attached hydrogens (tertiary/aromatic N) is 3. The molecule has 0 aliphatic heterocycles. The summed E-state index contributed by atoms with van der Waals surface area (Å²) in [6.07, 6.45) is 0. The predicted octanol–water partition coefficient (Wildman–Crippen LogP) is 27.2. The molecule has 0 fully saturated rings. The van der Waals surface area contributed by atoms with E-state index in [1.54, 1.807) is 0 Å². The number of rotatable bonds is 5. The number of fused-ring (bicyclic) bond motifs is 22. The van der Waals surface area contributed by atoms with Crippen LogP contribution in [0.15, 0.2) is 353 Å². The number of H-pyrrole nitrogens is 1. The van der Waals surface area contributed by atoms with Crippen molar-refractivity contribution in [2.75, 3.05) is 0 Å². The third-order valence-electron chi connectivity index (χ3n) is 21.6. The van der Waals surface area contributed by atoms with E-state index in [2.05, 4.69) is 332 Å². The summed E-state index contributed by atoms with van der Waals surface area (Å²) in [6.45, 7) is 0. The molecule has 0 saturated heterocycles. The van der Waals surface area contributed by atoms with Crippen LogP contribution in [0.4, 0.5) is 0 Å². The number of para-hydroxylation sites is 6. The average Bonchev–Trinajstić information content (AvgIpc) is 1.55. The van der Waals surface area contributed by atoms with Gasteiger partial charge < -0.3 is 27.5 Å². The molecule has 1 N–H and O–H groups in total. The molecule has 0 saturated carbocycles. The van der Waals surface area contributed by atoms with E-state index < -0.39 is 0 Å². The Hall–Kier alpha value is -13.2. The van der Waals surface area contributed by atoms with E-state index in [-0.39, 0.29) is 0 Å². The number of aromatic nitrogens is 4. The molecule has 0 bridgehead atoms. The number of furan rings is 2. The van der Waals surface area contributed by atoms with Gasteiger partial charge in [0, 0.05) is 103 Å². The highest BCUT2D eigenvalue weighted by Crippen LogP contribution is 2.55. The van der Waals surface area contributed by atoms with Gasteiger partial charge >= 0.3 is 0 Å². The van der Waals surface area contributed by atoms with Crippen LogP contribution in [0.2, 0.25) is 0 Å². The first-order chi connectivity index (χ1) is 51.0. The third-order valence-corrected chi connectivity index (χ3v) is 22.1. The second-order valence-electron chi connectivity index (χ2n) is 27.2. The topological polar surface area (TPSA) is 56.9 Å². The van der Waals surface area contributed by atoms with Crippen molar-refractivity contribution in [3.05, 3.63) is 344 Å². The minimum Gasteiger partial charge on any atom is -0.456 e. The van der Waals surface area contributed by atoms with Gasteiger partial charge in [-0.15, -0.1) is 0 Å². The number of hydrogen-bond acceptors (Lipinski definition) is 2. The predicted molar refractivity (Wildman–Crippen MR) is 434 cm³/mol. The number of benzene rings is 16. The van der Waals surface area contributed by atoms with Crippen molar-refractivity contribution in [2.24, 2.45) is 0 Å². The van der Waals surface area contributed by atoms with Gasteiger partial charge in [0.1, 0.15) is 22.3 Å². The Morgan fingerprint density at radius 2 is 0.699 bits per heavy atom. The quantitative estimate of drug-likeness (QED) is 0.187. The summed E-state index contributed by atoms with van der Waals surface area (Å²) in [5.41, 5.74) is 29.6. The lowest BCUT2D eigenvalue weighted by atomic mass is 9.98. The fraction of sp³-hybridized carbons (Fsp3) is 0. The molecular weight excluding hydrogens is 1320 g/mol. The summed E-state index contributed by atoms with van der Waals surface area (Å²) in [4.78, 5) is 3.74. The van der Waals surface area contributed by atoms with E-state index in [1.807, 2.05) is 42.5 Å². The van der Waals surface area contributed by atoms with Crippen LogP contribution in [0, 0.1) is 0 Å². The normalized spacial score (nSPS) is 12.1. The fourth-order valence-electron chi connectivity index (χ4n) is 17.2. The first-order valence-corrected chi connectivity index (χ1v) is 35.8. The minimum absolute atomic E-state index is 0.907. The lowest BCUT2D eigenvalue weighted by molar-refractivity contribution is 0.668. The number of halogens is 1. The van der Waals surface area contributed by atoms with Crippen molar-refractivity contribution in [1.82, 2.24) is 18.7 Å². The molecule has 16 aromatic carbocycles. The van der Waals surface area contributed by atoms with Crippen molar-refractivity contribution in [1.29, 1.82) is 0 Å². The first kappa shape index (κ1) is 57.7. The van der Waals surface area contributed by atoms with Gasteiger partial charge in [-0.05, 0) is 176 Å². The molecule has 0 amide bonds. The van der Waals surface area contributed by atoms with E-state index in [9.17, 15) is 0 Å². The highest BCUT2D eigenvalue weighted by atomic mass is 79.9. The lowest BCUT2D eigenvalue weighted by Crippen LogP contribution is -1.96. The van der Waals surface area contributed by atoms with Crippen LogP contribution in [0.3, 0.4) is 0 Å². The fourth-order valence-corrected chi connectivity index (χ4v) is 17.5. The molecule has 0 unspecified atom stereocenters. The van der Waals surface area contributed by atoms with E-state index in [0.717, 1.165) is 48.7 Å². The number of nitrogens with one attached hydrogen (secondary N) is 1. The zero-order chi connectivity index (χ0) is 67.5. The lowest BCUT2D eigenvalue weighted by Gasteiger charge is -2.12. The van der Waals surface area contributed by atoms with Gasteiger partial charge in [-0.1, -0.05) is 234 Å². The largest absolute Gasteiger partial charge is 0.456 e.